The average molecular weight is 358 g/mol. The van der Waals surface area contributed by atoms with Crippen molar-refractivity contribution in [2.45, 2.75) is 13.1 Å². The first-order valence-electron chi connectivity index (χ1n) is 6.02. The van der Waals surface area contributed by atoms with Crippen LogP contribution in [0.2, 0.25) is 0 Å². The Morgan fingerprint density at radius 1 is 1.14 bits per heavy atom. The van der Waals surface area contributed by atoms with Gasteiger partial charge in [0.1, 0.15) is 0 Å². The van der Waals surface area contributed by atoms with Gasteiger partial charge in [0, 0.05) is 15.7 Å². The van der Waals surface area contributed by atoms with Crippen LogP contribution in [0, 0.1) is 6.92 Å². The van der Waals surface area contributed by atoms with E-state index < -0.39 is 17.6 Å². The zero-order valence-corrected chi connectivity index (χ0v) is 12.5. The summed E-state index contributed by atoms with van der Waals surface area (Å²) in [5.41, 5.74) is 0.482. The normalized spacial score (nSPS) is 11.3. The van der Waals surface area contributed by atoms with Gasteiger partial charge in [-0.1, -0.05) is 28.1 Å². The summed E-state index contributed by atoms with van der Waals surface area (Å²) in [6, 6.07) is 9.63. The van der Waals surface area contributed by atoms with Gasteiger partial charge in [-0.05, 0) is 42.8 Å². The molecule has 0 spiro atoms. The van der Waals surface area contributed by atoms with Crippen LogP contribution in [0.4, 0.5) is 18.9 Å². The van der Waals surface area contributed by atoms with Gasteiger partial charge in [-0.25, -0.2) is 0 Å². The maximum Gasteiger partial charge on any atom is 0.416 e. The predicted molar refractivity (Wildman–Crippen MR) is 78.3 cm³/mol. The molecule has 0 atom stereocenters. The van der Waals surface area contributed by atoms with E-state index in [1.54, 1.807) is 19.1 Å². The molecule has 2 rings (SSSR count). The topological polar surface area (TPSA) is 29.1 Å². The quantitative estimate of drug-likeness (QED) is 0.802. The van der Waals surface area contributed by atoms with Crippen molar-refractivity contribution in [2.24, 2.45) is 0 Å². The van der Waals surface area contributed by atoms with E-state index in [0.717, 1.165) is 22.2 Å². The molecule has 0 aliphatic heterocycles. The standard InChI is InChI=1S/C15H11BrF3NO/c1-9-5-6-12(16)8-13(9)20-14(21)10-3-2-4-11(7-10)15(17,18)19/h2-8H,1H3,(H,20,21). The number of carbonyl (C=O) groups is 1. The number of amides is 1. The summed E-state index contributed by atoms with van der Waals surface area (Å²) in [4.78, 5) is 12.1. The molecule has 0 aliphatic carbocycles. The van der Waals surface area contributed by atoms with Gasteiger partial charge in [-0.15, -0.1) is 0 Å². The first kappa shape index (κ1) is 15.6. The van der Waals surface area contributed by atoms with Gasteiger partial charge in [0.15, 0.2) is 0 Å². The fourth-order valence-electron chi connectivity index (χ4n) is 1.76. The Kier molecular flexibility index (Phi) is 4.37. The van der Waals surface area contributed by atoms with E-state index in [-0.39, 0.29) is 5.56 Å². The van der Waals surface area contributed by atoms with Crippen molar-refractivity contribution in [3.63, 3.8) is 0 Å². The molecule has 2 aromatic carbocycles. The number of nitrogens with one attached hydrogen (secondary N) is 1. The van der Waals surface area contributed by atoms with E-state index >= 15 is 0 Å². The highest BCUT2D eigenvalue weighted by molar-refractivity contribution is 9.10. The molecule has 2 aromatic rings. The lowest BCUT2D eigenvalue weighted by atomic mass is 10.1. The van der Waals surface area contributed by atoms with Crippen molar-refractivity contribution in [1.82, 2.24) is 0 Å². The monoisotopic (exact) mass is 357 g/mol. The second kappa shape index (κ2) is 5.89. The molecule has 2 nitrogen and oxygen atoms in total. The van der Waals surface area contributed by atoms with Crippen LogP contribution in [0.25, 0.3) is 0 Å². The van der Waals surface area contributed by atoms with Gasteiger partial charge in [0.25, 0.3) is 5.91 Å². The van der Waals surface area contributed by atoms with Gasteiger partial charge in [-0.3, -0.25) is 4.79 Å². The second-order valence-electron chi connectivity index (χ2n) is 4.49. The largest absolute Gasteiger partial charge is 0.416 e. The maximum atomic E-state index is 12.6. The highest BCUT2D eigenvalue weighted by atomic mass is 79.9. The smallest absolute Gasteiger partial charge is 0.322 e. The lowest BCUT2D eigenvalue weighted by molar-refractivity contribution is -0.137. The molecule has 0 saturated carbocycles. The second-order valence-corrected chi connectivity index (χ2v) is 5.41. The summed E-state index contributed by atoms with van der Waals surface area (Å²) in [5, 5.41) is 2.61. The van der Waals surface area contributed by atoms with Gasteiger partial charge in [0.05, 0.1) is 5.56 Å². The Labute approximate surface area is 128 Å². The molecule has 1 N–H and O–H groups in total. The third-order valence-electron chi connectivity index (χ3n) is 2.90. The van der Waals surface area contributed by atoms with Crippen LogP contribution in [0.5, 0.6) is 0 Å². The molecule has 0 heterocycles. The molecule has 6 heteroatoms. The molecule has 0 radical (unpaired) electrons. The van der Waals surface area contributed by atoms with Crippen molar-refractivity contribution in [2.75, 3.05) is 5.32 Å². The van der Waals surface area contributed by atoms with Crippen LogP contribution in [-0.4, -0.2) is 5.91 Å². The van der Waals surface area contributed by atoms with Gasteiger partial charge >= 0.3 is 6.18 Å². The summed E-state index contributed by atoms with van der Waals surface area (Å²) in [6.45, 7) is 1.80. The lowest BCUT2D eigenvalue weighted by Gasteiger charge is -2.11. The van der Waals surface area contributed by atoms with Crippen LogP contribution in [-0.2, 0) is 6.18 Å². The minimum Gasteiger partial charge on any atom is -0.322 e. The van der Waals surface area contributed by atoms with Crippen molar-refractivity contribution >= 4 is 27.5 Å². The van der Waals surface area contributed by atoms with Gasteiger partial charge < -0.3 is 5.32 Å². The molecule has 0 aliphatic rings. The zero-order chi connectivity index (χ0) is 15.6. The summed E-state index contributed by atoms with van der Waals surface area (Å²) in [5.74, 6) is -0.581. The molecular formula is C15H11BrF3NO. The highest BCUT2D eigenvalue weighted by Crippen LogP contribution is 2.30. The summed E-state index contributed by atoms with van der Waals surface area (Å²) >= 11 is 3.28. The number of hydrogen-bond acceptors (Lipinski definition) is 1. The number of alkyl halides is 3. The molecule has 21 heavy (non-hydrogen) atoms. The van der Waals surface area contributed by atoms with Crippen LogP contribution >= 0.6 is 15.9 Å². The lowest BCUT2D eigenvalue weighted by Crippen LogP contribution is -2.14. The van der Waals surface area contributed by atoms with Gasteiger partial charge in [-0.2, -0.15) is 13.2 Å². The van der Waals surface area contributed by atoms with E-state index in [0.29, 0.717) is 5.69 Å². The van der Waals surface area contributed by atoms with E-state index in [2.05, 4.69) is 21.2 Å². The number of hydrogen-bond donors (Lipinski definition) is 1. The number of halogens is 4. The third kappa shape index (κ3) is 3.85. The van der Waals surface area contributed by atoms with Crippen molar-refractivity contribution < 1.29 is 18.0 Å². The molecule has 0 bridgehead atoms. The molecule has 0 fully saturated rings. The van der Waals surface area contributed by atoms with Crippen molar-refractivity contribution in [1.29, 1.82) is 0 Å². The molecular weight excluding hydrogens is 347 g/mol. The van der Waals surface area contributed by atoms with Gasteiger partial charge in [0.2, 0.25) is 0 Å². The Hall–Kier alpha value is -1.82. The number of aryl methyl sites for hydroxylation is 1. The van der Waals surface area contributed by atoms with Crippen molar-refractivity contribution in [3.05, 3.63) is 63.6 Å². The minimum atomic E-state index is -4.47. The first-order chi connectivity index (χ1) is 9.77. The zero-order valence-electron chi connectivity index (χ0n) is 11.0. The Morgan fingerprint density at radius 3 is 2.52 bits per heavy atom. The first-order valence-corrected chi connectivity index (χ1v) is 6.81. The van der Waals surface area contributed by atoms with Crippen LogP contribution < -0.4 is 5.32 Å². The summed E-state index contributed by atoms with van der Waals surface area (Å²) in [6.07, 6.45) is -4.47. The fourth-order valence-corrected chi connectivity index (χ4v) is 2.12. The molecule has 0 saturated heterocycles. The average Bonchev–Trinajstić information content (AvgIpc) is 2.42. The number of anilines is 1. The number of carbonyl (C=O) groups excluding carboxylic acids is 1. The van der Waals surface area contributed by atoms with E-state index in [1.807, 2.05) is 6.07 Å². The predicted octanol–water partition coefficient (Wildman–Crippen LogP) is 5.03. The minimum absolute atomic E-state index is 0.0378. The highest BCUT2D eigenvalue weighted by Gasteiger charge is 2.30. The van der Waals surface area contributed by atoms with Crippen LogP contribution in [0.15, 0.2) is 46.9 Å². The fraction of sp³-hybridized carbons (Fsp3) is 0.133. The number of benzene rings is 2. The molecule has 0 unspecified atom stereocenters. The van der Waals surface area contributed by atoms with E-state index in [4.69, 9.17) is 0 Å². The number of rotatable bonds is 2. The maximum absolute atomic E-state index is 12.6. The molecule has 1 amide bonds. The third-order valence-corrected chi connectivity index (χ3v) is 3.39. The Morgan fingerprint density at radius 2 is 1.86 bits per heavy atom. The Balaban J connectivity index is 2.27. The Bertz CT molecular complexity index is 683. The molecule has 0 aromatic heterocycles. The SMILES string of the molecule is Cc1ccc(Br)cc1NC(=O)c1cccc(C(F)(F)F)c1. The molecule has 110 valence electrons. The van der Waals surface area contributed by atoms with E-state index in [9.17, 15) is 18.0 Å². The summed E-state index contributed by atoms with van der Waals surface area (Å²) < 4.78 is 38.7. The summed E-state index contributed by atoms with van der Waals surface area (Å²) in [7, 11) is 0. The van der Waals surface area contributed by atoms with Crippen molar-refractivity contribution in [3.8, 4) is 0 Å². The van der Waals surface area contributed by atoms with Crippen LogP contribution in [0.1, 0.15) is 21.5 Å². The van der Waals surface area contributed by atoms with Crippen LogP contribution in [0.3, 0.4) is 0 Å². The van der Waals surface area contributed by atoms with E-state index in [1.165, 1.54) is 12.1 Å².